The van der Waals surface area contributed by atoms with Gasteiger partial charge < -0.3 is 5.32 Å². The summed E-state index contributed by atoms with van der Waals surface area (Å²) in [7, 11) is 0. The molecule has 0 N–H and O–H groups in total. The summed E-state index contributed by atoms with van der Waals surface area (Å²) in [6.07, 6.45) is 0. The minimum absolute atomic E-state index is 0. The number of hydrogen-bond donors (Lipinski definition) is 0. The Morgan fingerprint density at radius 1 is 0.658 bits per heavy atom. The van der Waals surface area contributed by atoms with Crippen molar-refractivity contribution in [2.45, 2.75) is 86.0 Å². The number of hydrogen-bond acceptors (Lipinski definition) is 1. The summed E-state index contributed by atoms with van der Waals surface area (Å²) in [5, 5.41) is 5.02. The number of allylic oxidation sites excluding steroid dienone is 1. The third-order valence-corrected chi connectivity index (χ3v) is 6.47. The van der Waals surface area contributed by atoms with Crippen LogP contribution in [0.5, 0.6) is 0 Å². The first-order chi connectivity index (χ1) is 17.4. The van der Waals surface area contributed by atoms with Gasteiger partial charge in [0, 0.05) is 5.71 Å². The van der Waals surface area contributed by atoms with E-state index in [-0.39, 0.29) is 16.5 Å². The van der Waals surface area contributed by atoms with E-state index in [4.69, 9.17) is 10.3 Å². The van der Waals surface area contributed by atoms with Crippen LogP contribution >= 0.6 is 0 Å². The minimum atomic E-state index is 0. The molecular formula is C35H46N2Ni. The van der Waals surface area contributed by atoms with Crippen molar-refractivity contribution in [3.63, 3.8) is 0 Å². The molecule has 0 atom stereocenters. The van der Waals surface area contributed by atoms with Crippen LogP contribution in [0.4, 0.5) is 11.4 Å². The molecule has 0 saturated heterocycles. The fourth-order valence-electron chi connectivity index (χ4n) is 4.21. The number of rotatable bonds is 8. The summed E-state index contributed by atoms with van der Waals surface area (Å²) < 4.78 is 0. The van der Waals surface area contributed by atoms with E-state index in [0.29, 0.717) is 23.7 Å². The average molecular weight is 553 g/mol. The fraction of sp³-hybridized carbons (Fsp3) is 0.371. The standard InChI is InChI=1S/C28H39N2.C7H7.Ni/c1-17(2)23-13-11-14-24(18(3)4)27(23)29-21(9)22(10)30-28-25(19(5)6)15-12-16-26(28)20(7)8;1-7-5-3-2-4-6-7;/h11-20H,9H2,1-8,10H3;2-6H,1H2;/q2*-1;+2. The zero-order valence-corrected chi connectivity index (χ0v) is 25.8. The van der Waals surface area contributed by atoms with Crippen LogP contribution in [-0.4, -0.2) is 5.71 Å². The van der Waals surface area contributed by atoms with E-state index < -0.39 is 0 Å². The summed E-state index contributed by atoms with van der Waals surface area (Å²) >= 11 is 0. The van der Waals surface area contributed by atoms with Gasteiger partial charge in [-0.15, -0.1) is 30.1 Å². The van der Waals surface area contributed by atoms with Crippen LogP contribution < -0.4 is 0 Å². The molecule has 206 valence electrons. The van der Waals surface area contributed by atoms with Crippen molar-refractivity contribution in [2.24, 2.45) is 4.99 Å². The van der Waals surface area contributed by atoms with Crippen LogP contribution in [0, 0.1) is 6.92 Å². The maximum atomic E-state index is 5.07. The maximum Gasteiger partial charge on any atom is 2.00 e. The van der Waals surface area contributed by atoms with Gasteiger partial charge >= 0.3 is 16.5 Å². The van der Waals surface area contributed by atoms with E-state index in [0.717, 1.165) is 28.3 Å². The maximum absolute atomic E-state index is 5.07. The van der Waals surface area contributed by atoms with Crippen molar-refractivity contribution in [1.29, 1.82) is 0 Å². The molecule has 0 saturated carbocycles. The van der Waals surface area contributed by atoms with E-state index in [1.54, 1.807) is 0 Å². The van der Waals surface area contributed by atoms with Gasteiger partial charge in [-0.25, -0.2) is 0 Å². The first-order valence-corrected chi connectivity index (χ1v) is 13.5. The molecule has 3 aromatic carbocycles. The molecule has 0 aliphatic rings. The van der Waals surface area contributed by atoms with E-state index >= 15 is 0 Å². The third kappa shape index (κ3) is 9.21. The van der Waals surface area contributed by atoms with Gasteiger partial charge in [0.05, 0.1) is 5.69 Å². The minimum Gasteiger partial charge on any atom is -0.656 e. The van der Waals surface area contributed by atoms with Gasteiger partial charge in [-0.05, 0) is 41.7 Å². The molecule has 0 radical (unpaired) electrons. The second-order valence-corrected chi connectivity index (χ2v) is 10.9. The molecule has 0 aromatic heterocycles. The summed E-state index contributed by atoms with van der Waals surface area (Å²) in [5.41, 5.74) is 9.90. The monoisotopic (exact) mass is 552 g/mol. The topological polar surface area (TPSA) is 26.5 Å². The van der Waals surface area contributed by atoms with Crippen molar-refractivity contribution in [3.8, 4) is 0 Å². The normalized spacial score (nSPS) is 11.3. The molecule has 3 heteroatoms. The van der Waals surface area contributed by atoms with Crippen LogP contribution in [0.3, 0.4) is 0 Å². The van der Waals surface area contributed by atoms with Crippen molar-refractivity contribution in [1.82, 2.24) is 0 Å². The Morgan fingerprint density at radius 2 is 1.05 bits per heavy atom. The van der Waals surface area contributed by atoms with Gasteiger partial charge in [0.2, 0.25) is 0 Å². The van der Waals surface area contributed by atoms with Crippen molar-refractivity contribution >= 4 is 17.1 Å². The van der Waals surface area contributed by atoms with Gasteiger partial charge in [0.1, 0.15) is 0 Å². The molecule has 0 unspecified atom stereocenters. The van der Waals surface area contributed by atoms with E-state index in [2.05, 4.69) is 105 Å². The molecule has 0 aliphatic carbocycles. The average Bonchev–Trinajstić information content (AvgIpc) is 2.84. The Kier molecular flexibility index (Phi) is 13.7. The zero-order chi connectivity index (χ0) is 27.7. The summed E-state index contributed by atoms with van der Waals surface area (Å²) in [6.45, 7) is 27.8. The van der Waals surface area contributed by atoms with Crippen LogP contribution in [0.1, 0.15) is 114 Å². The molecular weight excluding hydrogens is 507 g/mol. The Balaban J connectivity index is 0.000000779. The Labute approximate surface area is 243 Å². The molecule has 0 bridgehead atoms. The van der Waals surface area contributed by atoms with Gasteiger partial charge in [-0.3, -0.25) is 4.99 Å². The molecule has 38 heavy (non-hydrogen) atoms. The smallest absolute Gasteiger partial charge is 0.656 e. The third-order valence-electron chi connectivity index (χ3n) is 6.47. The van der Waals surface area contributed by atoms with E-state index in [1.807, 2.05) is 37.3 Å². The molecule has 0 fully saturated rings. The van der Waals surface area contributed by atoms with Crippen molar-refractivity contribution < 1.29 is 16.5 Å². The van der Waals surface area contributed by atoms with Gasteiger partial charge in [0.25, 0.3) is 0 Å². The second kappa shape index (κ2) is 15.6. The van der Waals surface area contributed by atoms with Crippen molar-refractivity contribution in [2.75, 3.05) is 0 Å². The SMILES string of the molecule is C=C([N-]c1c(C(C)C)cccc1C(C)C)C(C)=Nc1c(C(C)C)cccc1C(C)C.[CH2-]c1ccccc1.[Ni+2]. The van der Waals surface area contributed by atoms with Gasteiger partial charge in [-0.1, -0.05) is 109 Å². The fourth-order valence-corrected chi connectivity index (χ4v) is 4.21. The Bertz CT molecular complexity index is 1140. The number of para-hydroxylation sites is 2. The van der Waals surface area contributed by atoms with Crippen LogP contribution in [0.2, 0.25) is 0 Å². The second-order valence-electron chi connectivity index (χ2n) is 10.9. The number of aliphatic imine (C=N–C) groups is 1. The number of benzene rings is 3. The van der Waals surface area contributed by atoms with E-state index in [9.17, 15) is 0 Å². The Hall–Kier alpha value is -2.77. The van der Waals surface area contributed by atoms with Gasteiger partial charge in [0.15, 0.2) is 0 Å². The predicted molar refractivity (Wildman–Crippen MR) is 165 cm³/mol. The van der Waals surface area contributed by atoms with Crippen LogP contribution in [-0.2, 0) is 16.5 Å². The van der Waals surface area contributed by atoms with E-state index in [1.165, 1.54) is 22.3 Å². The summed E-state index contributed by atoms with van der Waals surface area (Å²) in [6, 6.07) is 22.9. The molecule has 0 amide bonds. The summed E-state index contributed by atoms with van der Waals surface area (Å²) in [5.74, 6) is 1.63. The summed E-state index contributed by atoms with van der Waals surface area (Å²) in [4.78, 5) is 5.07. The molecule has 3 aromatic rings. The zero-order valence-electron chi connectivity index (χ0n) is 24.8. The van der Waals surface area contributed by atoms with Crippen LogP contribution in [0.25, 0.3) is 5.32 Å². The molecule has 0 spiro atoms. The van der Waals surface area contributed by atoms with Gasteiger partial charge in [-0.2, -0.15) is 24.6 Å². The quantitative estimate of drug-likeness (QED) is 0.151. The predicted octanol–water partition coefficient (Wildman–Crippen LogP) is 11.4. The largest absolute Gasteiger partial charge is 2.00 e. The Morgan fingerprint density at radius 3 is 1.39 bits per heavy atom. The first-order valence-electron chi connectivity index (χ1n) is 13.5. The van der Waals surface area contributed by atoms with Crippen LogP contribution in [0.15, 0.2) is 84.0 Å². The molecule has 2 nitrogen and oxygen atoms in total. The molecule has 0 aliphatic heterocycles. The van der Waals surface area contributed by atoms with Crippen molar-refractivity contribution in [3.05, 3.63) is 119 Å². The first kappa shape index (κ1) is 33.3. The molecule has 0 heterocycles. The molecule has 3 rings (SSSR count). The number of nitrogens with zero attached hydrogens (tertiary/aromatic N) is 2.